The van der Waals surface area contributed by atoms with Crippen molar-refractivity contribution >= 4 is 28.8 Å². The third-order valence-corrected chi connectivity index (χ3v) is 3.64. The van der Waals surface area contributed by atoms with Gasteiger partial charge in [0.25, 0.3) is 0 Å². The minimum absolute atomic E-state index is 0.256. The van der Waals surface area contributed by atoms with E-state index in [-0.39, 0.29) is 5.88 Å². The Morgan fingerprint density at radius 1 is 1.28 bits per heavy atom. The molecule has 4 nitrogen and oxygen atoms in total. The van der Waals surface area contributed by atoms with Gasteiger partial charge < -0.3 is 10.3 Å². The van der Waals surface area contributed by atoms with Gasteiger partial charge in [-0.25, -0.2) is 0 Å². The molecule has 3 aromatic rings. The minimum Gasteiger partial charge on any atom is -0.367 e. The van der Waals surface area contributed by atoms with Crippen LogP contribution in [0.1, 0.15) is 0 Å². The number of aromatic nitrogens is 2. The zero-order chi connectivity index (χ0) is 12.5. The Hall–Kier alpha value is -1.85. The monoisotopic (exact) mass is 277 g/mol. The van der Waals surface area contributed by atoms with Crippen molar-refractivity contribution in [3.05, 3.63) is 41.0 Å². The van der Waals surface area contributed by atoms with Gasteiger partial charge in [0.2, 0.25) is 5.88 Å². The largest absolute Gasteiger partial charge is 0.367 e. The van der Waals surface area contributed by atoms with E-state index >= 15 is 0 Å². The predicted molar refractivity (Wildman–Crippen MR) is 72.5 cm³/mol. The lowest BCUT2D eigenvalue weighted by Crippen LogP contribution is -1.87. The van der Waals surface area contributed by atoms with Crippen LogP contribution in [0.5, 0.6) is 0 Å². The van der Waals surface area contributed by atoms with Gasteiger partial charge in [0.1, 0.15) is 5.69 Å². The van der Waals surface area contributed by atoms with Gasteiger partial charge in [-0.2, -0.15) is 0 Å². The molecule has 0 atom stereocenters. The number of nitrogen functional groups attached to an aromatic ring is 1. The van der Waals surface area contributed by atoms with E-state index in [4.69, 9.17) is 21.9 Å². The average Bonchev–Trinajstić information content (AvgIpc) is 2.99. The minimum atomic E-state index is 0.256. The van der Waals surface area contributed by atoms with Crippen LogP contribution in [0.25, 0.3) is 21.7 Å². The van der Waals surface area contributed by atoms with Gasteiger partial charge in [0, 0.05) is 16.8 Å². The summed E-state index contributed by atoms with van der Waals surface area (Å²) in [6, 6.07) is 7.45. The van der Waals surface area contributed by atoms with Crippen LogP contribution in [0, 0.1) is 0 Å². The molecule has 0 fully saturated rings. The highest BCUT2D eigenvalue weighted by molar-refractivity contribution is 7.13. The molecule has 0 spiro atoms. The van der Waals surface area contributed by atoms with Crippen molar-refractivity contribution in [3.8, 4) is 21.7 Å². The van der Waals surface area contributed by atoms with Crippen molar-refractivity contribution in [1.82, 2.24) is 10.1 Å². The molecule has 0 unspecified atom stereocenters. The Balaban J connectivity index is 2.24. The van der Waals surface area contributed by atoms with E-state index in [1.807, 2.05) is 18.2 Å². The fourth-order valence-electron chi connectivity index (χ4n) is 1.73. The van der Waals surface area contributed by atoms with Crippen LogP contribution in [0.2, 0.25) is 5.02 Å². The number of thiazole rings is 1. The van der Waals surface area contributed by atoms with E-state index in [0.717, 1.165) is 10.4 Å². The van der Waals surface area contributed by atoms with E-state index < -0.39 is 0 Å². The molecule has 6 heteroatoms. The van der Waals surface area contributed by atoms with E-state index in [0.29, 0.717) is 16.3 Å². The molecular weight excluding hydrogens is 270 g/mol. The topological polar surface area (TPSA) is 64.9 Å². The molecule has 0 saturated carbocycles. The van der Waals surface area contributed by atoms with E-state index in [1.54, 1.807) is 17.8 Å². The number of nitrogens with two attached hydrogens (primary N) is 1. The molecule has 0 radical (unpaired) electrons. The summed E-state index contributed by atoms with van der Waals surface area (Å²) in [7, 11) is 0. The van der Waals surface area contributed by atoms with Crippen LogP contribution < -0.4 is 5.73 Å². The predicted octanol–water partition coefficient (Wildman–Crippen LogP) is 3.70. The third kappa shape index (κ3) is 1.77. The molecule has 0 aliphatic heterocycles. The zero-order valence-corrected chi connectivity index (χ0v) is 10.7. The summed E-state index contributed by atoms with van der Waals surface area (Å²) in [4.78, 5) is 4.92. The van der Waals surface area contributed by atoms with Gasteiger partial charge in [-0.1, -0.05) is 35.0 Å². The third-order valence-electron chi connectivity index (χ3n) is 2.53. The second-order valence-corrected chi connectivity index (χ2v) is 4.91. The summed E-state index contributed by atoms with van der Waals surface area (Å²) in [5.74, 6) is 0.256. The summed E-state index contributed by atoms with van der Waals surface area (Å²) in [5, 5.41) is 4.60. The van der Waals surface area contributed by atoms with Crippen molar-refractivity contribution in [2.45, 2.75) is 0 Å². The normalized spacial score (nSPS) is 10.7. The molecule has 0 saturated heterocycles. The number of anilines is 1. The summed E-state index contributed by atoms with van der Waals surface area (Å²) in [6.07, 6.45) is 1.72. The quantitative estimate of drug-likeness (QED) is 0.776. The average molecular weight is 278 g/mol. The molecule has 0 aliphatic carbocycles. The second-order valence-electron chi connectivity index (χ2n) is 3.62. The summed E-state index contributed by atoms with van der Waals surface area (Å²) in [5.41, 5.74) is 9.77. The first-order valence-corrected chi connectivity index (χ1v) is 6.42. The molecular formula is C12H8ClN3OS. The highest BCUT2D eigenvalue weighted by Crippen LogP contribution is 2.40. The first-order valence-electron chi connectivity index (χ1n) is 5.16. The number of hydrogen-bond donors (Lipinski definition) is 1. The van der Waals surface area contributed by atoms with Crippen molar-refractivity contribution in [1.29, 1.82) is 0 Å². The summed E-state index contributed by atoms with van der Waals surface area (Å²) < 4.78 is 5.08. The highest BCUT2D eigenvalue weighted by Gasteiger charge is 2.20. The van der Waals surface area contributed by atoms with Gasteiger partial charge >= 0.3 is 0 Å². The number of benzene rings is 1. The van der Waals surface area contributed by atoms with Gasteiger partial charge in [-0.05, 0) is 6.07 Å². The fourth-order valence-corrected chi connectivity index (χ4v) is 2.57. The Bertz CT molecular complexity index is 678. The Kier molecular flexibility index (Phi) is 2.77. The van der Waals surface area contributed by atoms with Gasteiger partial charge in [-0.15, -0.1) is 11.3 Å². The maximum Gasteiger partial charge on any atom is 0.230 e. The van der Waals surface area contributed by atoms with Crippen molar-refractivity contribution in [3.63, 3.8) is 0 Å². The molecule has 0 bridgehead atoms. The Labute approximate surface area is 112 Å². The molecule has 2 aromatic heterocycles. The van der Waals surface area contributed by atoms with E-state index in [1.165, 1.54) is 11.3 Å². The van der Waals surface area contributed by atoms with Crippen LogP contribution in [-0.4, -0.2) is 10.1 Å². The molecule has 2 N–H and O–H groups in total. The van der Waals surface area contributed by atoms with Crippen LogP contribution in [0.4, 0.5) is 5.88 Å². The number of rotatable bonds is 2. The molecule has 90 valence electrons. The van der Waals surface area contributed by atoms with Crippen LogP contribution in [0.3, 0.4) is 0 Å². The first kappa shape index (κ1) is 11.3. The maximum atomic E-state index is 6.18. The molecule has 2 heterocycles. The zero-order valence-electron chi connectivity index (χ0n) is 9.13. The first-order chi connectivity index (χ1) is 8.77. The molecule has 18 heavy (non-hydrogen) atoms. The van der Waals surface area contributed by atoms with Crippen LogP contribution >= 0.6 is 22.9 Å². The number of halogens is 1. The maximum absolute atomic E-state index is 6.18. The fraction of sp³-hybridized carbons (Fsp3) is 0. The van der Waals surface area contributed by atoms with Crippen LogP contribution in [0.15, 0.2) is 40.5 Å². The summed E-state index contributed by atoms with van der Waals surface area (Å²) in [6.45, 7) is 0. The van der Waals surface area contributed by atoms with E-state index in [9.17, 15) is 0 Å². The Morgan fingerprint density at radius 2 is 2.11 bits per heavy atom. The number of nitrogens with zero attached hydrogens (tertiary/aromatic N) is 2. The van der Waals surface area contributed by atoms with Crippen molar-refractivity contribution in [2.24, 2.45) is 0 Å². The number of hydrogen-bond acceptors (Lipinski definition) is 5. The van der Waals surface area contributed by atoms with Crippen molar-refractivity contribution < 1.29 is 4.52 Å². The van der Waals surface area contributed by atoms with Crippen molar-refractivity contribution in [2.75, 3.05) is 5.73 Å². The van der Waals surface area contributed by atoms with Crippen LogP contribution in [-0.2, 0) is 0 Å². The van der Waals surface area contributed by atoms with Gasteiger partial charge in [0.15, 0.2) is 0 Å². The summed E-state index contributed by atoms with van der Waals surface area (Å²) >= 11 is 7.66. The SMILES string of the molecule is Nc1onc(-c2cncs2)c1-c1ccccc1Cl. The van der Waals surface area contributed by atoms with Gasteiger partial charge in [-0.3, -0.25) is 4.98 Å². The lowest BCUT2D eigenvalue weighted by atomic mass is 10.1. The molecule has 1 aromatic carbocycles. The molecule has 0 aliphatic rings. The molecule has 3 rings (SSSR count). The Morgan fingerprint density at radius 3 is 2.83 bits per heavy atom. The second kappa shape index (κ2) is 4.44. The standard InChI is InChI=1S/C12H8ClN3OS/c13-8-4-2-1-3-7(8)10-11(16-17-12(10)14)9-5-15-6-18-9/h1-6H,14H2. The smallest absolute Gasteiger partial charge is 0.230 e. The lowest BCUT2D eigenvalue weighted by Gasteiger charge is -2.03. The van der Waals surface area contributed by atoms with E-state index in [2.05, 4.69) is 10.1 Å². The lowest BCUT2D eigenvalue weighted by molar-refractivity contribution is 0.439. The van der Waals surface area contributed by atoms with Gasteiger partial charge in [0.05, 0.1) is 16.0 Å². The highest BCUT2D eigenvalue weighted by atomic mass is 35.5. The molecule has 0 amide bonds.